The van der Waals surface area contributed by atoms with Crippen molar-refractivity contribution in [3.63, 3.8) is 0 Å². The van der Waals surface area contributed by atoms with E-state index in [0.717, 1.165) is 11.8 Å². The molecule has 0 bridgehead atoms. The second-order valence-corrected chi connectivity index (χ2v) is 10.3. The number of methoxy groups -OCH3 is 1. The Kier molecular flexibility index (Phi) is 7.19. The minimum atomic E-state index is -0.642. The molecule has 2 aromatic carbocycles. The number of nitrogens with one attached hydrogen (secondary N) is 1. The van der Waals surface area contributed by atoms with Gasteiger partial charge in [0.1, 0.15) is 12.1 Å². The number of benzene rings is 2. The van der Waals surface area contributed by atoms with Crippen LogP contribution in [0.15, 0.2) is 30.6 Å². The highest BCUT2D eigenvalue weighted by atomic mass is 35.5. The second kappa shape index (κ2) is 10.3. The first kappa shape index (κ1) is 24.3. The van der Waals surface area contributed by atoms with E-state index in [9.17, 15) is 4.39 Å². The van der Waals surface area contributed by atoms with Gasteiger partial charge in [0.15, 0.2) is 17.3 Å². The molecule has 0 radical (unpaired) electrons. The summed E-state index contributed by atoms with van der Waals surface area (Å²) < 4.78 is 26.5. The summed E-state index contributed by atoms with van der Waals surface area (Å²) in [5, 5.41) is 3.68. The first-order valence-electron chi connectivity index (χ1n) is 12.0. The van der Waals surface area contributed by atoms with Crippen LogP contribution in [-0.4, -0.2) is 48.2 Å². The molecule has 5 rings (SSSR count). The molecule has 1 saturated carbocycles. The van der Waals surface area contributed by atoms with Crippen LogP contribution in [0.5, 0.6) is 11.5 Å². The molecule has 1 aromatic heterocycles. The number of fused-ring (bicyclic) bond motifs is 2. The molecular weight excluding hydrogens is 490 g/mol. The standard InChI is InChI=1S/C26H29Cl2FN4O2/c1-3-6-33-11-16-7-15(8-17(16)12-33)13-35-23-10-21-18(9-22(23)34-2)26(31-14-30-21)32-20-5-4-19(27)24(28)25(20)29/h4-5,9-10,14-17H,3,6-8,11-13H2,1-2H3,(H,30,31,32)/t15?,16-,17+. The Balaban J connectivity index is 1.32. The van der Waals surface area contributed by atoms with Crippen molar-refractivity contribution in [3.05, 3.63) is 46.5 Å². The van der Waals surface area contributed by atoms with E-state index in [1.807, 2.05) is 12.1 Å². The number of aromatic nitrogens is 2. The van der Waals surface area contributed by atoms with Crippen LogP contribution < -0.4 is 14.8 Å². The predicted octanol–water partition coefficient (Wildman–Crippen LogP) is 6.57. The number of ether oxygens (including phenoxy) is 2. The Labute approximate surface area is 214 Å². The smallest absolute Gasteiger partial charge is 0.166 e. The van der Waals surface area contributed by atoms with E-state index in [1.165, 1.54) is 57.4 Å². The molecule has 0 spiro atoms. The van der Waals surface area contributed by atoms with Crippen molar-refractivity contribution >= 4 is 45.6 Å². The van der Waals surface area contributed by atoms with Crippen LogP contribution in [0.1, 0.15) is 26.2 Å². The molecule has 2 aliphatic rings. The Bertz CT molecular complexity index is 1210. The quantitative estimate of drug-likeness (QED) is 0.340. The fourth-order valence-electron chi connectivity index (χ4n) is 5.55. The Hall–Kier alpha value is -2.35. The van der Waals surface area contributed by atoms with Gasteiger partial charge >= 0.3 is 0 Å². The van der Waals surface area contributed by atoms with Gasteiger partial charge in [0, 0.05) is 24.5 Å². The molecule has 1 aliphatic carbocycles. The maximum Gasteiger partial charge on any atom is 0.166 e. The zero-order chi connectivity index (χ0) is 24.5. The largest absolute Gasteiger partial charge is 0.493 e. The minimum absolute atomic E-state index is 0.141. The fraction of sp³-hybridized carbons (Fsp3) is 0.462. The molecule has 3 aromatic rings. The van der Waals surface area contributed by atoms with Crippen LogP contribution in [0.25, 0.3) is 10.9 Å². The third kappa shape index (κ3) is 4.99. The lowest BCUT2D eigenvalue weighted by atomic mass is 10.0. The zero-order valence-electron chi connectivity index (χ0n) is 19.9. The van der Waals surface area contributed by atoms with Gasteiger partial charge in [-0.1, -0.05) is 30.1 Å². The molecule has 1 unspecified atom stereocenters. The van der Waals surface area contributed by atoms with E-state index in [1.54, 1.807) is 7.11 Å². The van der Waals surface area contributed by atoms with Gasteiger partial charge in [-0.3, -0.25) is 0 Å². The van der Waals surface area contributed by atoms with Gasteiger partial charge in [0.25, 0.3) is 0 Å². The molecule has 2 fully saturated rings. The highest BCUT2D eigenvalue weighted by Crippen LogP contribution is 2.42. The third-order valence-electron chi connectivity index (χ3n) is 7.15. The summed E-state index contributed by atoms with van der Waals surface area (Å²) in [5.41, 5.74) is 0.834. The van der Waals surface area contributed by atoms with Gasteiger partial charge in [0.2, 0.25) is 0 Å². The van der Waals surface area contributed by atoms with E-state index in [2.05, 4.69) is 27.1 Å². The SMILES string of the molecule is CCCN1C[C@H]2CC(COc3cc4ncnc(Nc5ccc(Cl)c(Cl)c5F)c4cc3OC)C[C@H]2C1. The van der Waals surface area contributed by atoms with Gasteiger partial charge in [-0.15, -0.1) is 0 Å². The van der Waals surface area contributed by atoms with Crippen molar-refractivity contribution < 1.29 is 13.9 Å². The van der Waals surface area contributed by atoms with Crippen LogP contribution in [-0.2, 0) is 0 Å². The van der Waals surface area contributed by atoms with E-state index < -0.39 is 5.82 Å². The summed E-state index contributed by atoms with van der Waals surface area (Å²) in [5.74, 6) is 3.14. The monoisotopic (exact) mass is 518 g/mol. The topological polar surface area (TPSA) is 59.5 Å². The summed E-state index contributed by atoms with van der Waals surface area (Å²) in [7, 11) is 1.60. The highest BCUT2D eigenvalue weighted by molar-refractivity contribution is 6.42. The van der Waals surface area contributed by atoms with Crippen LogP contribution in [0.2, 0.25) is 10.0 Å². The van der Waals surface area contributed by atoms with Crippen LogP contribution in [0.3, 0.4) is 0 Å². The number of anilines is 2. The van der Waals surface area contributed by atoms with Crippen molar-refractivity contribution in [2.75, 3.05) is 38.7 Å². The number of hydrogen-bond acceptors (Lipinski definition) is 6. The first-order valence-corrected chi connectivity index (χ1v) is 12.8. The van der Waals surface area contributed by atoms with Gasteiger partial charge in [-0.05, 0) is 61.8 Å². The molecule has 9 heteroatoms. The molecule has 1 aliphatic heterocycles. The lowest BCUT2D eigenvalue weighted by molar-refractivity contribution is 0.222. The summed E-state index contributed by atoms with van der Waals surface area (Å²) in [6.45, 7) is 6.56. The van der Waals surface area contributed by atoms with E-state index in [-0.39, 0.29) is 15.7 Å². The Morgan fingerprint density at radius 1 is 1.11 bits per heavy atom. The molecule has 186 valence electrons. The normalized spacial score (nSPS) is 21.9. The van der Waals surface area contributed by atoms with E-state index >= 15 is 0 Å². The van der Waals surface area contributed by atoms with Crippen LogP contribution in [0, 0.1) is 23.6 Å². The van der Waals surface area contributed by atoms with Crippen molar-refractivity contribution in [3.8, 4) is 11.5 Å². The van der Waals surface area contributed by atoms with Gasteiger partial charge in [-0.25, -0.2) is 14.4 Å². The minimum Gasteiger partial charge on any atom is -0.493 e. The lowest BCUT2D eigenvalue weighted by Gasteiger charge is -2.19. The maximum atomic E-state index is 14.6. The average Bonchev–Trinajstić information content (AvgIpc) is 3.41. The van der Waals surface area contributed by atoms with E-state index in [0.29, 0.717) is 40.7 Å². The number of rotatable bonds is 8. The number of halogens is 3. The van der Waals surface area contributed by atoms with Crippen molar-refractivity contribution in [1.29, 1.82) is 0 Å². The lowest BCUT2D eigenvalue weighted by Crippen LogP contribution is -2.24. The molecular formula is C26H29Cl2FN4O2. The maximum absolute atomic E-state index is 14.6. The first-order chi connectivity index (χ1) is 17.0. The second-order valence-electron chi connectivity index (χ2n) is 9.52. The molecule has 1 saturated heterocycles. The van der Waals surface area contributed by atoms with Gasteiger partial charge in [0.05, 0.1) is 35.0 Å². The summed E-state index contributed by atoms with van der Waals surface area (Å²) >= 11 is 11.9. The van der Waals surface area contributed by atoms with Gasteiger partial charge in [-0.2, -0.15) is 0 Å². The summed E-state index contributed by atoms with van der Waals surface area (Å²) in [6, 6.07) is 6.72. The Morgan fingerprint density at radius 2 is 1.89 bits per heavy atom. The molecule has 35 heavy (non-hydrogen) atoms. The molecule has 6 nitrogen and oxygen atoms in total. The van der Waals surface area contributed by atoms with Gasteiger partial charge < -0.3 is 19.7 Å². The third-order valence-corrected chi connectivity index (χ3v) is 7.93. The van der Waals surface area contributed by atoms with Crippen molar-refractivity contribution in [1.82, 2.24) is 14.9 Å². The average molecular weight is 519 g/mol. The summed E-state index contributed by atoms with van der Waals surface area (Å²) in [6.07, 6.45) is 5.08. The molecule has 2 heterocycles. The van der Waals surface area contributed by atoms with Crippen molar-refractivity contribution in [2.45, 2.75) is 26.2 Å². The van der Waals surface area contributed by atoms with Crippen LogP contribution in [0.4, 0.5) is 15.9 Å². The van der Waals surface area contributed by atoms with E-state index in [4.69, 9.17) is 32.7 Å². The number of hydrogen-bond donors (Lipinski definition) is 1. The molecule has 0 amide bonds. The molecule has 1 N–H and O–H groups in total. The molecule has 3 atom stereocenters. The number of likely N-dealkylation sites (tertiary alicyclic amines) is 1. The number of nitrogens with zero attached hydrogens (tertiary/aromatic N) is 3. The van der Waals surface area contributed by atoms with Crippen LogP contribution >= 0.6 is 23.2 Å². The Morgan fingerprint density at radius 3 is 2.60 bits per heavy atom. The predicted molar refractivity (Wildman–Crippen MR) is 138 cm³/mol. The highest BCUT2D eigenvalue weighted by Gasteiger charge is 2.40. The fourth-order valence-corrected chi connectivity index (χ4v) is 5.86. The zero-order valence-corrected chi connectivity index (χ0v) is 21.4. The summed E-state index contributed by atoms with van der Waals surface area (Å²) in [4.78, 5) is 11.3. The van der Waals surface area contributed by atoms with Crippen molar-refractivity contribution in [2.24, 2.45) is 17.8 Å².